The molecule has 33 heavy (non-hydrogen) atoms. The van der Waals surface area contributed by atoms with Crippen LogP contribution >= 0.6 is 11.6 Å². The molecule has 6 heteroatoms. The summed E-state index contributed by atoms with van der Waals surface area (Å²) >= 11 is 6.47. The minimum absolute atomic E-state index is 0.0934. The van der Waals surface area contributed by atoms with Crippen molar-refractivity contribution in [2.75, 3.05) is 6.61 Å². The molecular weight excluding hydrogens is 440 g/mol. The molecule has 1 saturated heterocycles. The zero-order valence-electron chi connectivity index (χ0n) is 19.6. The van der Waals surface area contributed by atoms with Gasteiger partial charge in [0.15, 0.2) is 0 Å². The van der Waals surface area contributed by atoms with Crippen LogP contribution in [0.15, 0.2) is 42.5 Å². The van der Waals surface area contributed by atoms with Crippen LogP contribution in [-0.2, 0) is 11.2 Å². The van der Waals surface area contributed by atoms with Crippen molar-refractivity contribution in [3.05, 3.63) is 64.2 Å². The molecule has 0 radical (unpaired) electrons. The molecule has 3 atom stereocenters. The third-order valence-electron chi connectivity index (χ3n) is 6.29. The summed E-state index contributed by atoms with van der Waals surface area (Å²) in [6.45, 7) is 3.91. The Hall–Kier alpha value is -1.63. The highest BCUT2D eigenvalue weighted by Gasteiger charge is 2.29. The molecule has 2 fully saturated rings. The summed E-state index contributed by atoms with van der Waals surface area (Å²) in [5, 5.41) is 29.9. The number of aliphatic hydroxyl groups is 3. The van der Waals surface area contributed by atoms with Crippen LogP contribution in [0.4, 0.5) is 0 Å². The van der Waals surface area contributed by atoms with Crippen molar-refractivity contribution in [1.82, 2.24) is 0 Å². The topological polar surface area (TPSA) is 79.2 Å². The molecule has 1 aliphatic carbocycles. The summed E-state index contributed by atoms with van der Waals surface area (Å²) in [7, 11) is 0. The predicted octanol–water partition coefficient (Wildman–Crippen LogP) is 5.21. The van der Waals surface area contributed by atoms with Crippen molar-refractivity contribution < 1.29 is 24.8 Å². The molecular formula is C27H37ClO5. The minimum atomic E-state index is -0.477. The molecule has 2 aromatic carbocycles. The third-order valence-corrected chi connectivity index (χ3v) is 6.66. The fraction of sp³-hybridized carbons (Fsp3) is 0.556. The van der Waals surface area contributed by atoms with Gasteiger partial charge in [-0.2, -0.15) is 0 Å². The molecule has 3 N–H and O–H groups in total. The zero-order valence-corrected chi connectivity index (χ0v) is 20.4. The number of halogens is 1. The van der Waals surface area contributed by atoms with E-state index < -0.39 is 6.10 Å². The number of aliphatic hydroxyl groups excluding tert-OH is 3. The largest absolute Gasteiger partial charge is 0.490 e. The third kappa shape index (κ3) is 7.43. The molecule has 5 nitrogen and oxygen atoms in total. The summed E-state index contributed by atoms with van der Waals surface area (Å²) in [6.07, 6.45) is 3.97. The van der Waals surface area contributed by atoms with E-state index in [0.717, 1.165) is 48.1 Å². The maximum Gasteiger partial charge on any atom is 0.119 e. The van der Waals surface area contributed by atoms with Gasteiger partial charge in [0, 0.05) is 17.9 Å². The Morgan fingerprint density at radius 1 is 0.939 bits per heavy atom. The monoisotopic (exact) mass is 476 g/mol. The average molecular weight is 477 g/mol. The van der Waals surface area contributed by atoms with Crippen LogP contribution in [-0.4, -0.2) is 46.3 Å². The first-order valence-corrected chi connectivity index (χ1v) is 12.5. The Kier molecular flexibility index (Phi) is 10.0. The van der Waals surface area contributed by atoms with Gasteiger partial charge in [-0.1, -0.05) is 49.7 Å². The van der Waals surface area contributed by atoms with E-state index >= 15 is 0 Å². The molecule has 1 saturated carbocycles. The molecule has 0 unspecified atom stereocenters. The van der Waals surface area contributed by atoms with E-state index in [2.05, 4.69) is 12.1 Å². The Bertz CT molecular complexity index is 848. The molecule has 1 heterocycles. The van der Waals surface area contributed by atoms with Crippen LogP contribution in [0.5, 0.6) is 5.75 Å². The maximum absolute atomic E-state index is 10.1. The fourth-order valence-electron chi connectivity index (χ4n) is 4.51. The van der Waals surface area contributed by atoms with Crippen molar-refractivity contribution in [2.45, 2.75) is 89.3 Å². The van der Waals surface area contributed by atoms with Crippen molar-refractivity contribution in [3.63, 3.8) is 0 Å². The highest BCUT2D eigenvalue weighted by Crippen LogP contribution is 2.34. The van der Waals surface area contributed by atoms with Gasteiger partial charge in [0.25, 0.3) is 0 Å². The molecule has 0 amide bonds. The van der Waals surface area contributed by atoms with Crippen molar-refractivity contribution in [1.29, 1.82) is 0 Å². The molecule has 2 aromatic rings. The van der Waals surface area contributed by atoms with E-state index in [1.165, 1.54) is 0 Å². The molecule has 1 aliphatic heterocycles. The van der Waals surface area contributed by atoms with Gasteiger partial charge < -0.3 is 24.8 Å². The molecule has 182 valence electrons. The van der Waals surface area contributed by atoms with Gasteiger partial charge in [0.05, 0.1) is 37.1 Å². The fourth-order valence-corrected chi connectivity index (χ4v) is 4.70. The van der Waals surface area contributed by atoms with E-state index in [-0.39, 0.29) is 31.0 Å². The van der Waals surface area contributed by atoms with Crippen LogP contribution < -0.4 is 4.74 Å². The Morgan fingerprint density at radius 3 is 2.30 bits per heavy atom. The van der Waals surface area contributed by atoms with E-state index in [4.69, 9.17) is 21.1 Å². The van der Waals surface area contributed by atoms with Crippen LogP contribution in [0, 0.1) is 0 Å². The molecule has 0 spiro atoms. The predicted molar refractivity (Wildman–Crippen MR) is 131 cm³/mol. The van der Waals surface area contributed by atoms with Gasteiger partial charge in [0.1, 0.15) is 5.75 Å². The summed E-state index contributed by atoms with van der Waals surface area (Å²) in [5.41, 5.74) is 3.10. The molecule has 0 bridgehead atoms. The van der Waals surface area contributed by atoms with E-state index in [0.29, 0.717) is 24.3 Å². The van der Waals surface area contributed by atoms with Crippen molar-refractivity contribution in [2.24, 2.45) is 0 Å². The number of ether oxygens (including phenoxy) is 2. The first-order valence-electron chi connectivity index (χ1n) is 12.2. The van der Waals surface area contributed by atoms with Gasteiger partial charge in [0.2, 0.25) is 0 Å². The normalized spacial score (nSPS) is 27.4. The zero-order chi connectivity index (χ0) is 23.8. The van der Waals surface area contributed by atoms with Crippen LogP contribution in [0.1, 0.15) is 75.2 Å². The Balaban J connectivity index is 0.00000149. The average Bonchev–Trinajstić information content (AvgIpc) is 2.84. The first kappa shape index (κ1) is 26.0. The number of hydrogen-bond acceptors (Lipinski definition) is 5. The summed E-state index contributed by atoms with van der Waals surface area (Å²) < 4.78 is 12.0. The lowest BCUT2D eigenvalue weighted by molar-refractivity contribution is -0.113. The quantitative estimate of drug-likeness (QED) is 0.533. The second kappa shape index (κ2) is 12.7. The lowest BCUT2D eigenvalue weighted by atomic mass is 9.94. The van der Waals surface area contributed by atoms with Gasteiger partial charge in [-0.25, -0.2) is 0 Å². The Morgan fingerprint density at radius 2 is 1.64 bits per heavy atom. The number of hydrogen-bond donors (Lipinski definition) is 3. The standard InChI is InChI=1S/C25H31ClO5.C2H6/c26-24-10-3-17(25-14-20(29)13-23(15-27)31-25)12-18(24)11-16-1-6-21(7-2-16)30-22-8-4-19(28)5-9-22;1-2/h1-3,6-7,10,12,19-20,22-23,25,27-29H,4-5,8-9,11,13-15H2;1-2H3/t19?,20-,22?,23-,25+;/m0./s1. The second-order valence-corrected chi connectivity index (χ2v) is 9.18. The number of rotatable bonds is 6. The van der Waals surface area contributed by atoms with Gasteiger partial charge in [-0.3, -0.25) is 0 Å². The van der Waals surface area contributed by atoms with Crippen molar-refractivity contribution >= 4 is 11.6 Å². The highest BCUT2D eigenvalue weighted by atomic mass is 35.5. The van der Waals surface area contributed by atoms with E-state index in [9.17, 15) is 15.3 Å². The lowest BCUT2D eigenvalue weighted by Gasteiger charge is -2.32. The molecule has 0 aromatic heterocycles. The van der Waals surface area contributed by atoms with E-state index in [1.54, 1.807) is 0 Å². The molecule has 4 rings (SSSR count). The Labute approximate surface area is 202 Å². The van der Waals surface area contributed by atoms with Gasteiger partial charge in [-0.15, -0.1) is 0 Å². The maximum atomic E-state index is 10.1. The summed E-state index contributed by atoms with van der Waals surface area (Å²) in [6, 6.07) is 13.9. The second-order valence-electron chi connectivity index (χ2n) is 8.77. The van der Waals surface area contributed by atoms with Gasteiger partial charge >= 0.3 is 0 Å². The van der Waals surface area contributed by atoms with Crippen LogP contribution in [0.2, 0.25) is 5.02 Å². The first-order chi connectivity index (χ1) is 16.0. The smallest absolute Gasteiger partial charge is 0.119 e. The van der Waals surface area contributed by atoms with Crippen molar-refractivity contribution in [3.8, 4) is 5.75 Å². The molecule has 2 aliphatic rings. The van der Waals surface area contributed by atoms with Crippen LogP contribution in [0.25, 0.3) is 0 Å². The minimum Gasteiger partial charge on any atom is -0.490 e. The van der Waals surface area contributed by atoms with Gasteiger partial charge in [-0.05, 0) is 67.0 Å². The lowest BCUT2D eigenvalue weighted by Crippen LogP contribution is -2.33. The van der Waals surface area contributed by atoms with Crippen LogP contribution in [0.3, 0.4) is 0 Å². The summed E-state index contributed by atoms with van der Waals surface area (Å²) in [4.78, 5) is 0. The summed E-state index contributed by atoms with van der Waals surface area (Å²) in [5.74, 6) is 0.852. The van der Waals surface area contributed by atoms with E-state index in [1.807, 2.05) is 44.2 Å². The highest BCUT2D eigenvalue weighted by molar-refractivity contribution is 6.31. The number of benzene rings is 2. The SMILES string of the molecule is CC.OC[C@@H]1C[C@H](O)C[C@H](c2ccc(Cl)c(Cc3ccc(OC4CCC(O)CC4)cc3)c2)O1.